The number of nitrogens with zero attached hydrogens (tertiary/aromatic N) is 1. The molecule has 0 aliphatic carbocycles. The molecule has 1 fully saturated rings. The van der Waals surface area contributed by atoms with Crippen LogP contribution in [0.2, 0.25) is 0 Å². The number of rotatable bonds is 7. The Bertz CT molecular complexity index is 565. The molecule has 6 heteroatoms. The van der Waals surface area contributed by atoms with Gasteiger partial charge in [-0.3, -0.25) is 9.59 Å². The van der Waals surface area contributed by atoms with Gasteiger partial charge in [-0.2, -0.15) is 0 Å². The number of halogens is 1. The van der Waals surface area contributed by atoms with Gasteiger partial charge in [0.05, 0.1) is 5.92 Å². The lowest BCUT2D eigenvalue weighted by molar-refractivity contribution is -0.140. The van der Waals surface area contributed by atoms with E-state index in [0.29, 0.717) is 19.6 Å². The van der Waals surface area contributed by atoms with Gasteiger partial charge in [-0.15, -0.1) is 12.4 Å². The molecule has 1 heterocycles. The van der Waals surface area contributed by atoms with Crippen molar-refractivity contribution in [2.24, 2.45) is 23.5 Å². The predicted molar refractivity (Wildman–Crippen MR) is 107 cm³/mol. The lowest BCUT2D eigenvalue weighted by Gasteiger charge is -2.35. The summed E-state index contributed by atoms with van der Waals surface area (Å²) in [6.45, 7) is 6.39. The molecule has 0 radical (unpaired) electrons. The van der Waals surface area contributed by atoms with Crippen molar-refractivity contribution in [1.29, 1.82) is 0 Å². The minimum Gasteiger partial charge on any atom is -0.355 e. The Labute approximate surface area is 163 Å². The molecule has 2 unspecified atom stereocenters. The molecule has 0 aromatic heterocycles. The molecule has 1 aromatic rings. The van der Waals surface area contributed by atoms with E-state index in [4.69, 9.17) is 5.73 Å². The zero-order valence-corrected chi connectivity index (χ0v) is 16.6. The molecule has 2 atom stereocenters. The fourth-order valence-electron chi connectivity index (χ4n) is 3.44. The number of hydrogen-bond donors (Lipinski definition) is 2. The Hall–Kier alpha value is -1.59. The van der Waals surface area contributed by atoms with Gasteiger partial charge in [0.1, 0.15) is 0 Å². The molecule has 26 heavy (non-hydrogen) atoms. The summed E-state index contributed by atoms with van der Waals surface area (Å²) in [5.74, 6) is 0.295. The number of amides is 2. The first kappa shape index (κ1) is 22.5. The number of hydrogen-bond acceptors (Lipinski definition) is 3. The Balaban J connectivity index is 0.00000338. The van der Waals surface area contributed by atoms with E-state index < -0.39 is 0 Å². The minimum absolute atomic E-state index is 0. The Morgan fingerprint density at radius 1 is 1.27 bits per heavy atom. The van der Waals surface area contributed by atoms with E-state index in [1.165, 1.54) is 5.56 Å². The highest BCUT2D eigenvalue weighted by Crippen LogP contribution is 2.24. The maximum atomic E-state index is 13.1. The number of benzene rings is 1. The molecule has 1 aliphatic rings. The van der Waals surface area contributed by atoms with Crippen molar-refractivity contribution in [3.63, 3.8) is 0 Å². The first-order valence-electron chi connectivity index (χ1n) is 9.33. The normalized spacial score (nSPS) is 18.2. The highest BCUT2D eigenvalue weighted by Gasteiger charge is 2.32. The Morgan fingerprint density at radius 3 is 2.58 bits per heavy atom. The van der Waals surface area contributed by atoms with Crippen LogP contribution in [-0.4, -0.2) is 42.9 Å². The van der Waals surface area contributed by atoms with E-state index in [1.807, 2.05) is 23.1 Å². The smallest absolute Gasteiger partial charge is 0.226 e. The minimum atomic E-state index is -0.117. The standard InChI is InChI=1S/C20H31N3O2.ClH/c1-15(2)18(13-16-7-4-3-5-8-16)20(25)23-12-6-9-17(14-23)19(24)22-11-10-21;/h3-5,7-8,15,17-18H,6,9-14,21H2,1-2H3,(H,22,24);1H. The monoisotopic (exact) mass is 381 g/mol. The maximum absolute atomic E-state index is 13.1. The number of nitrogens with two attached hydrogens (primary N) is 1. The van der Waals surface area contributed by atoms with Crippen LogP contribution in [-0.2, 0) is 16.0 Å². The second-order valence-corrected chi connectivity index (χ2v) is 7.24. The molecular formula is C20H32ClN3O2. The largest absolute Gasteiger partial charge is 0.355 e. The molecule has 2 rings (SSSR count). The number of nitrogens with one attached hydrogen (secondary N) is 1. The van der Waals surface area contributed by atoms with Crippen LogP contribution in [0.1, 0.15) is 32.3 Å². The summed E-state index contributed by atoms with van der Waals surface area (Å²) in [5.41, 5.74) is 6.63. The van der Waals surface area contributed by atoms with Gasteiger partial charge in [0.25, 0.3) is 0 Å². The van der Waals surface area contributed by atoms with Crippen molar-refractivity contribution >= 4 is 24.2 Å². The van der Waals surface area contributed by atoms with Crippen LogP contribution < -0.4 is 11.1 Å². The molecule has 146 valence electrons. The van der Waals surface area contributed by atoms with E-state index >= 15 is 0 Å². The van der Waals surface area contributed by atoms with Crippen LogP contribution in [0.5, 0.6) is 0 Å². The summed E-state index contributed by atoms with van der Waals surface area (Å²) >= 11 is 0. The van der Waals surface area contributed by atoms with Gasteiger partial charge >= 0.3 is 0 Å². The van der Waals surface area contributed by atoms with Crippen molar-refractivity contribution in [2.75, 3.05) is 26.2 Å². The van der Waals surface area contributed by atoms with E-state index in [1.54, 1.807) is 0 Å². The van der Waals surface area contributed by atoms with Gasteiger partial charge in [0.2, 0.25) is 11.8 Å². The van der Waals surface area contributed by atoms with Gasteiger partial charge < -0.3 is 16.0 Å². The highest BCUT2D eigenvalue weighted by molar-refractivity contribution is 5.85. The summed E-state index contributed by atoms with van der Waals surface area (Å²) in [6, 6.07) is 10.2. The zero-order valence-electron chi connectivity index (χ0n) is 15.8. The van der Waals surface area contributed by atoms with Crippen molar-refractivity contribution < 1.29 is 9.59 Å². The van der Waals surface area contributed by atoms with Crippen molar-refractivity contribution in [3.8, 4) is 0 Å². The first-order chi connectivity index (χ1) is 12.0. The molecule has 1 aromatic carbocycles. The quantitative estimate of drug-likeness (QED) is 0.760. The summed E-state index contributed by atoms with van der Waals surface area (Å²) in [5, 5.41) is 2.85. The third-order valence-corrected chi connectivity index (χ3v) is 4.97. The van der Waals surface area contributed by atoms with Crippen LogP contribution in [0.25, 0.3) is 0 Å². The lowest BCUT2D eigenvalue weighted by atomic mass is 9.86. The lowest BCUT2D eigenvalue weighted by Crippen LogP contribution is -2.48. The van der Waals surface area contributed by atoms with Gasteiger partial charge in [0.15, 0.2) is 0 Å². The second-order valence-electron chi connectivity index (χ2n) is 7.24. The van der Waals surface area contributed by atoms with Crippen LogP contribution in [0.4, 0.5) is 0 Å². The predicted octanol–water partition coefficient (Wildman–Crippen LogP) is 2.24. The van der Waals surface area contributed by atoms with Crippen LogP contribution in [0.3, 0.4) is 0 Å². The summed E-state index contributed by atoms with van der Waals surface area (Å²) in [4.78, 5) is 27.2. The Morgan fingerprint density at radius 2 is 1.96 bits per heavy atom. The van der Waals surface area contributed by atoms with E-state index in [-0.39, 0.29) is 42.0 Å². The van der Waals surface area contributed by atoms with Gasteiger partial charge in [0, 0.05) is 32.1 Å². The van der Waals surface area contributed by atoms with E-state index in [2.05, 4.69) is 31.3 Å². The van der Waals surface area contributed by atoms with Gasteiger partial charge in [-0.05, 0) is 30.7 Å². The number of carbonyl (C=O) groups excluding carboxylic acids is 2. The molecule has 0 spiro atoms. The maximum Gasteiger partial charge on any atom is 0.226 e. The van der Waals surface area contributed by atoms with Crippen molar-refractivity contribution in [3.05, 3.63) is 35.9 Å². The first-order valence-corrected chi connectivity index (χ1v) is 9.33. The molecule has 2 amide bonds. The van der Waals surface area contributed by atoms with Crippen LogP contribution >= 0.6 is 12.4 Å². The number of carbonyl (C=O) groups is 2. The van der Waals surface area contributed by atoms with Gasteiger partial charge in [-0.25, -0.2) is 0 Å². The van der Waals surface area contributed by atoms with Crippen molar-refractivity contribution in [1.82, 2.24) is 10.2 Å². The molecule has 0 bridgehead atoms. The molecule has 1 aliphatic heterocycles. The summed E-state index contributed by atoms with van der Waals surface area (Å²) in [6.07, 6.45) is 2.46. The van der Waals surface area contributed by atoms with E-state index in [0.717, 1.165) is 25.8 Å². The fourth-order valence-corrected chi connectivity index (χ4v) is 3.44. The number of piperidine rings is 1. The Kier molecular flexibility index (Phi) is 9.66. The number of likely N-dealkylation sites (tertiary alicyclic amines) is 1. The SMILES string of the molecule is CC(C)C(Cc1ccccc1)C(=O)N1CCCC(C(=O)NCCN)C1.Cl. The summed E-state index contributed by atoms with van der Waals surface area (Å²) < 4.78 is 0. The molecule has 0 saturated carbocycles. The summed E-state index contributed by atoms with van der Waals surface area (Å²) in [7, 11) is 0. The zero-order chi connectivity index (χ0) is 18.2. The molecule has 5 nitrogen and oxygen atoms in total. The van der Waals surface area contributed by atoms with Crippen LogP contribution in [0, 0.1) is 17.8 Å². The second kappa shape index (κ2) is 11.2. The highest BCUT2D eigenvalue weighted by atomic mass is 35.5. The molecular weight excluding hydrogens is 350 g/mol. The average Bonchev–Trinajstić information content (AvgIpc) is 2.64. The van der Waals surface area contributed by atoms with Gasteiger partial charge in [-0.1, -0.05) is 44.2 Å². The topological polar surface area (TPSA) is 75.4 Å². The fraction of sp³-hybridized carbons (Fsp3) is 0.600. The molecule has 3 N–H and O–H groups in total. The third-order valence-electron chi connectivity index (χ3n) is 4.97. The van der Waals surface area contributed by atoms with Crippen molar-refractivity contribution in [2.45, 2.75) is 33.1 Å². The van der Waals surface area contributed by atoms with E-state index in [9.17, 15) is 9.59 Å². The van der Waals surface area contributed by atoms with Crippen LogP contribution in [0.15, 0.2) is 30.3 Å². The third kappa shape index (κ3) is 6.29. The average molecular weight is 382 g/mol. The molecule has 1 saturated heterocycles.